The molecule has 1 saturated heterocycles. The monoisotopic (exact) mass is 263 g/mol. The Morgan fingerprint density at radius 3 is 2.56 bits per heavy atom. The lowest BCUT2D eigenvalue weighted by Crippen LogP contribution is -2.39. The average molecular weight is 263 g/mol. The lowest BCUT2D eigenvalue weighted by atomic mass is 9.86. The Kier molecular flexibility index (Phi) is 4.07. The number of hydrogen-bond donors (Lipinski definition) is 0. The smallest absolute Gasteiger partial charge is 0.219 e. The highest BCUT2D eigenvalue weighted by atomic mass is 32.1. The van der Waals surface area contributed by atoms with Crippen molar-refractivity contribution >= 4 is 28.8 Å². The summed E-state index contributed by atoms with van der Waals surface area (Å²) >= 11 is 5.23. The fraction of sp³-hybridized carbons (Fsp3) is 0.500. The zero-order valence-corrected chi connectivity index (χ0v) is 11.3. The van der Waals surface area contributed by atoms with Gasteiger partial charge < -0.3 is 4.90 Å². The van der Waals surface area contributed by atoms with Crippen molar-refractivity contribution < 1.29 is 9.59 Å². The maximum absolute atomic E-state index is 12.3. The molecule has 0 bridgehead atoms. The van der Waals surface area contributed by atoms with E-state index in [1.807, 2.05) is 18.2 Å². The molecule has 4 heteroatoms. The first kappa shape index (κ1) is 13.1. The first-order chi connectivity index (χ1) is 8.59. The van der Waals surface area contributed by atoms with Crippen molar-refractivity contribution in [2.75, 3.05) is 13.1 Å². The lowest BCUT2D eigenvalue weighted by molar-refractivity contribution is -0.132. The number of thiocarbonyl (C=S) groups is 1. The molecule has 0 spiro atoms. The highest BCUT2D eigenvalue weighted by Crippen LogP contribution is 2.24. The van der Waals surface area contributed by atoms with Crippen LogP contribution in [0.25, 0.3) is 0 Å². The molecule has 1 fully saturated rings. The summed E-state index contributed by atoms with van der Waals surface area (Å²) in [4.78, 5) is 26.1. The number of allylic oxidation sites excluding steroid dienone is 4. The normalized spacial score (nSPS) is 20.8. The maximum Gasteiger partial charge on any atom is 0.219 e. The van der Waals surface area contributed by atoms with Crippen LogP contribution in [0.5, 0.6) is 0 Å². The van der Waals surface area contributed by atoms with Crippen LogP contribution in [0.15, 0.2) is 23.8 Å². The number of carbonyl (C=O) groups is 2. The van der Waals surface area contributed by atoms with Gasteiger partial charge in [-0.2, -0.15) is 0 Å². The number of ketones is 1. The van der Waals surface area contributed by atoms with E-state index in [9.17, 15) is 9.59 Å². The molecule has 0 saturated carbocycles. The predicted octanol–water partition coefficient (Wildman–Crippen LogP) is 2.07. The molecule has 0 unspecified atom stereocenters. The Bertz CT molecular complexity index is 443. The van der Waals surface area contributed by atoms with Gasteiger partial charge in [0.15, 0.2) is 5.78 Å². The second-order valence-electron chi connectivity index (χ2n) is 4.78. The van der Waals surface area contributed by atoms with Crippen molar-refractivity contribution in [1.82, 2.24) is 4.90 Å². The zero-order valence-electron chi connectivity index (χ0n) is 10.5. The number of Topliss-reactive ketones (excluding diaryl/α,β-unsaturated/α-hetero) is 1. The van der Waals surface area contributed by atoms with E-state index in [1.165, 1.54) is 0 Å². The molecule has 0 aromatic rings. The molecule has 0 atom stereocenters. The van der Waals surface area contributed by atoms with Crippen molar-refractivity contribution in [1.29, 1.82) is 0 Å². The number of hydrogen-bond acceptors (Lipinski definition) is 3. The average Bonchev–Trinajstić information content (AvgIpc) is 2.38. The fourth-order valence-corrected chi connectivity index (χ4v) is 2.70. The summed E-state index contributed by atoms with van der Waals surface area (Å²) in [5.74, 6) is 0.278. The van der Waals surface area contributed by atoms with Gasteiger partial charge in [0.1, 0.15) is 0 Å². The van der Waals surface area contributed by atoms with Gasteiger partial charge in [0.25, 0.3) is 0 Å². The maximum atomic E-state index is 12.3. The zero-order chi connectivity index (χ0) is 13.1. The first-order valence-electron chi connectivity index (χ1n) is 6.29. The number of amides is 1. The summed E-state index contributed by atoms with van der Waals surface area (Å²) in [6, 6.07) is 0. The van der Waals surface area contributed by atoms with Gasteiger partial charge in [-0.3, -0.25) is 9.59 Å². The fourth-order valence-electron chi connectivity index (χ4n) is 2.44. The van der Waals surface area contributed by atoms with Gasteiger partial charge in [0, 0.05) is 42.8 Å². The van der Waals surface area contributed by atoms with Gasteiger partial charge in [-0.25, -0.2) is 0 Å². The van der Waals surface area contributed by atoms with Gasteiger partial charge in [0.05, 0.1) is 0 Å². The number of carbonyl (C=O) groups excluding carboxylic acids is 2. The Labute approximate surface area is 113 Å². The van der Waals surface area contributed by atoms with Gasteiger partial charge in [-0.15, -0.1) is 0 Å². The third-order valence-electron chi connectivity index (χ3n) is 3.58. The van der Waals surface area contributed by atoms with E-state index >= 15 is 0 Å². The van der Waals surface area contributed by atoms with Crippen molar-refractivity contribution in [2.24, 2.45) is 5.92 Å². The third kappa shape index (κ3) is 2.75. The predicted molar refractivity (Wildman–Crippen MR) is 74.4 cm³/mol. The summed E-state index contributed by atoms with van der Waals surface area (Å²) < 4.78 is 0. The van der Waals surface area contributed by atoms with Crippen LogP contribution in [0.4, 0.5) is 0 Å². The van der Waals surface area contributed by atoms with Crippen LogP contribution in [-0.4, -0.2) is 34.5 Å². The van der Waals surface area contributed by atoms with Crippen LogP contribution in [0.1, 0.15) is 26.2 Å². The van der Waals surface area contributed by atoms with E-state index in [0.29, 0.717) is 25.1 Å². The molecule has 3 nitrogen and oxygen atoms in total. The van der Waals surface area contributed by atoms with Crippen LogP contribution in [0.3, 0.4) is 0 Å². The molecule has 2 rings (SSSR count). The van der Waals surface area contributed by atoms with Crippen LogP contribution in [-0.2, 0) is 9.59 Å². The molecule has 1 amide bonds. The van der Waals surface area contributed by atoms with E-state index < -0.39 is 0 Å². The van der Waals surface area contributed by atoms with Crippen LogP contribution < -0.4 is 0 Å². The molecule has 2 aliphatic rings. The van der Waals surface area contributed by atoms with E-state index in [1.54, 1.807) is 11.8 Å². The van der Waals surface area contributed by atoms with E-state index in [2.05, 4.69) is 0 Å². The molecular weight excluding hydrogens is 246 g/mol. The van der Waals surface area contributed by atoms with E-state index in [0.717, 1.165) is 17.7 Å². The number of rotatable bonds is 2. The molecule has 1 aliphatic carbocycles. The standard InChI is InChI=1S/C14H17NO2S/c1-10(16)15-8-6-11(7-9-15)14(17)12-4-2-3-5-13(12)18/h2-4,11H,5-9H2,1H3. The van der Waals surface area contributed by atoms with Gasteiger partial charge >= 0.3 is 0 Å². The SMILES string of the molecule is CC(=O)N1CCC(C(=O)C2=CC=CCC2=S)CC1. The number of likely N-dealkylation sites (tertiary alicyclic amines) is 1. The Balaban J connectivity index is 1.99. The van der Waals surface area contributed by atoms with Crippen molar-refractivity contribution in [3.05, 3.63) is 23.8 Å². The Morgan fingerprint density at radius 2 is 2.00 bits per heavy atom. The second kappa shape index (κ2) is 5.57. The van der Waals surface area contributed by atoms with Crippen LogP contribution in [0.2, 0.25) is 0 Å². The summed E-state index contributed by atoms with van der Waals surface area (Å²) in [5, 5.41) is 0. The Morgan fingerprint density at radius 1 is 1.33 bits per heavy atom. The molecule has 1 aliphatic heterocycles. The lowest BCUT2D eigenvalue weighted by Gasteiger charge is -2.31. The van der Waals surface area contributed by atoms with Crippen molar-refractivity contribution in [2.45, 2.75) is 26.2 Å². The van der Waals surface area contributed by atoms with Crippen LogP contribution in [0, 0.1) is 5.92 Å². The minimum atomic E-state index is 0.0244. The largest absolute Gasteiger partial charge is 0.343 e. The van der Waals surface area contributed by atoms with Crippen molar-refractivity contribution in [3.63, 3.8) is 0 Å². The molecule has 96 valence electrons. The summed E-state index contributed by atoms with van der Waals surface area (Å²) in [6.45, 7) is 2.94. The number of piperidine rings is 1. The summed E-state index contributed by atoms with van der Waals surface area (Å²) in [6.07, 6.45) is 7.89. The van der Waals surface area contributed by atoms with Gasteiger partial charge in [-0.05, 0) is 12.8 Å². The van der Waals surface area contributed by atoms with E-state index in [-0.39, 0.29) is 17.6 Å². The topological polar surface area (TPSA) is 37.4 Å². The molecule has 0 radical (unpaired) electrons. The molecule has 18 heavy (non-hydrogen) atoms. The third-order valence-corrected chi connectivity index (χ3v) is 3.97. The second-order valence-corrected chi connectivity index (χ2v) is 5.27. The summed E-state index contributed by atoms with van der Waals surface area (Å²) in [5.41, 5.74) is 0.703. The highest BCUT2D eigenvalue weighted by molar-refractivity contribution is 7.81. The molecule has 0 N–H and O–H groups in total. The molecule has 0 aromatic heterocycles. The van der Waals surface area contributed by atoms with E-state index in [4.69, 9.17) is 12.2 Å². The number of nitrogens with zero attached hydrogens (tertiary/aromatic N) is 1. The highest BCUT2D eigenvalue weighted by Gasteiger charge is 2.29. The molecular formula is C14H17NO2S. The molecule has 0 aromatic carbocycles. The Hall–Kier alpha value is -1.29. The molecule has 1 heterocycles. The van der Waals surface area contributed by atoms with Crippen LogP contribution >= 0.6 is 12.2 Å². The minimum Gasteiger partial charge on any atom is -0.343 e. The quantitative estimate of drug-likeness (QED) is 0.716. The minimum absolute atomic E-state index is 0.0244. The first-order valence-corrected chi connectivity index (χ1v) is 6.70. The van der Waals surface area contributed by atoms with Crippen molar-refractivity contribution in [3.8, 4) is 0 Å². The summed E-state index contributed by atoms with van der Waals surface area (Å²) in [7, 11) is 0. The van der Waals surface area contributed by atoms with Gasteiger partial charge in [0.2, 0.25) is 5.91 Å². The van der Waals surface area contributed by atoms with Gasteiger partial charge in [-0.1, -0.05) is 30.4 Å².